The molecule has 1 aliphatic carbocycles. The second-order valence-electron chi connectivity index (χ2n) is 13.4. The van der Waals surface area contributed by atoms with Gasteiger partial charge in [0.1, 0.15) is 24.2 Å². The van der Waals surface area contributed by atoms with Crippen molar-refractivity contribution in [2.75, 3.05) is 13.1 Å². The Morgan fingerprint density at radius 1 is 0.900 bits per heavy atom. The van der Waals surface area contributed by atoms with Crippen LogP contribution in [0.1, 0.15) is 61.6 Å². The number of likely N-dealkylation sites (tertiary alicyclic amines) is 1. The van der Waals surface area contributed by atoms with Crippen molar-refractivity contribution in [3.8, 4) is 0 Å². The third kappa shape index (κ3) is 8.59. The third-order valence-electron chi connectivity index (χ3n) is 10.1. The van der Waals surface area contributed by atoms with Crippen molar-refractivity contribution >= 4 is 35.6 Å². The molecule has 1 saturated carbocycles. The van der Waals surface area contributed by atoms with Gasteiger partial charge in [0.15, 0.2) is 5.96 Å². The number of nitrogens with two attached hydrogens (primary N) is 3. The first-order valence-corrected chi connectivity index (χ1v) is 17.4. The van der Waals surface area contributed by atoms with Gasteiger partial charge in [-0.05, 0) is 54.7 Å². The molecular weight excluding hydrogens is 640 g/mol. The quantitative estimate of drug-likeness (QED) is 0.0972. The smallest absolute Gasteiger partial charge is 0.326 e. The number of aliphatic carboxylic acids is 1. The van der Waals surface area contributed by atoms with E-state index in [-0.39, 0.29) is 62.7 Å². The van der Waals surface area contributed by atoms with Crippen LogP contribution < -0.4 is 27.8 Å². The predicted molar refractivity (Wildman–Crippen MR) is 186 cm³/mol. The summed E-state index contributed by atoms with van der Waals surface area (Å²) in [6.45, 7) is 0.0537. The minimum absolute atomic E-state index is 0.0725. The molecule has 2 fully saturated rings. The van der Waals surface area contributed by atoms with Gasteiger partial charge in [0.2, 0.25) is 23.6 Å². The van der Waals surface area contributed by atoms with Crippen LogP contribution in [0.5, 0.6) is 0 Å². The molecule has 268 valence electrons. The fourth-order valence-corrected chi connectivity index (χ4v) is 7.69. The Morgan fingerprint density at radius 3 is 2.30 bits per heavy atom. The lowest BCUT2D eigenvalue weighted by Crippen LogP contribution is -2.62. The third-order valence-corrected chi connectivity index (χ3v) is 10.1. The first-order valence-electron chi connectivity index (χ1n) is 17.4. The summed E-state index contributed by atoms with van der Waals surface area (Å²) in [6.07, 6.45) is 4.69. The average molecular weight is 689 g/mol. The molecule has 2 aromatic rings. The van der Waals surface area contributed by atoms with E-state index in [2.05, 4.69) is 15.6 Å². The average Bonchev–Trinajstić information content (AvgIpc) is 3.51. The molecule has 0 aromatic heterocycles. The summed E-state index contributed by atoms with van der Waals surface area (Å²) < 4.78 is 0. The van der Waals surface area contributed by atoms with E-state index in [1.54, 1.807) is 4.90 Å². The number of rotatable bonds is 13. The van der Waals surface area contributed by atoms with Gasteiger partial charge in [0.25, 0.3) is 0 Å². The zero-order valence-corrected chi connectivity index (χ0v) is 28.2. The maximum Gasteiger partial charge on any atom is 0.326 e. The molecule has 2 heterocycles. The Labute approximate surface area is 291 Å². The summed E-state index contributed by atoms with van der Waals surface area (Å²) in [7, 11) is 0. The number of hydrogen-bond donors (Lipinski definition) is 6. The molecule has 5 rings (SSSR count). The highest BCUT2D eigenvalue weighted by Gasteiger charge is 2.51. The molecule has 2 aromatic carbocycles. The minimum atomic E-state index is -1.19. The number of carbonyl (C=O) groups is 5. The van der Waals surface area contributed by atoms with Gasteiger partial charge in [-0.25, -0.2) is 4.79 Å². The van der Waals surface area contributed by atoms with Crippen LogP contribution in [0.25, 0.3) is 0 Å². The fourth-order valence-electron chi connectivity index (χ4n) is 7.69. The predicted octanol–water partition coefficient (Wildman–Crippen LogP) is 0.409. The van der Waals surface area contributed by atoms with Gasteiger partial charge in [0.05, 0.1) is 6.54 Å². The summed E-state index contributed by atoms with van der Waals surface area (Å²) in [5.41, 5.74) is 19.0. The van der Waals surface area contributed by atoms with Crippen LogP contribution in [0, 0.1) is 5.92 Å². The van der Waals surface area contributed by atoms with E-state index < -0.39 is 47.9 Å². The molecule has 0 spiro atoms. The van der Waals surface area contributed by atoms with Crippen LogP contribution in [0.3, 0.4) is 0 Å². The number of carbonyl (C=O) groups excluding carboxylic acids is 4. The van der Waals surface area contributed by atoms with Gasteiger partial charge in [-0.2, -0.15) is 0 Å². The van der Waals surface area contributed by atoms with E-state index in [4.69, 9.17) is 17.2 Å². The van der Waals surface area contributed by atoms with E-state index in [1.165, 1.54) is 4.90 Å². The molecule has 0 unspecified atom stereocenters. The molecule has 14 nitrogen and oxygen atoms in total. The number of aliphatic imine (C=N–C) groups is 1. The molecule has 0 bridgehead atoms. The summed E-state index contributed by atoms with van der Waals surface area (Å²) in [5, 5.41) is 15.4. The molecule has 2 aliphatic heterocycles. The van der Waals surface area contributed by atoms with Crippen molar-refractivity contribution in [3.05, 3.63) is 71.3 Å². The molecule has 50 heavy (non-hydrogen) atoms. The number of carboxylic acid groups (broad SMARTS) is 1. The zero-order valence-electron chi connectivity index (χ0n) is 28.2. The molecule has 0 radical (unpaired) electrons. The van der Waals surface area contributed by atoms with Crippen molar-refractivity contribution in [1.82, 2.24) is 20.4 Å². The van der Waals surface area contributed by atoms with Crippen LogP contribution in [0.15, 0.2) is 59.6 Å². The lowest BCUT2D eigenvalue weighted by Gasteiger charge is -2.42. The number of carboxylic acids is 1. The largest absolute Gasteiger partial charge is 0.480 e. The Kier molecular flexibility index (Phi) is 12.1. The summed E-state index contributed by atoms with van der Waals surface area (Å²) in [6, 6.07) is 12.7. The number of nitrogens with one attached hydrogen (secondary N) is 2. The number of amides is 4. The van der Waals surface area contributed by atoms with Crippen LogP contribution in [0.4, 0.5) is 0 Å². The molecule has 3 aliphatic rings. The van der Waals surface area contributed by atoms with Gasteiger partial charge in [-0.3, -0.25) is 24.2 Å². The minimum Gasteiger partial charge on any atom is -0.480 e. The molecule has 9 N–H and O–H groups in total. The standard InChI is InChI=1S/C36H48N8O6/c37-20-31(45)41-27(17-22-9-2-1-3-10-22)33(47)43-21-25-13-5-4-11-23(25)18-30(43)34(48)44-28-15-7-6-12-24(28)19-29(44)32(46)42-26(35(49)50)14-8-16-40-36(38)39/h1-5,9-11,13,24,26-30H,6-8,12,14-21,37H2,(H,41,45)(H,42,46)(H,49,50)(H4,38,39,40)/t24-,26-,27-,28-,29-,30+/m0/s1. The maximum atomic E-state index is 14.9. The molecule has 6 atom stereocenters. The highest BCUT2D eigenvalue weighted by Crippen LogP contribution is 2.41. The molecule has 1 saturated heterocycles. The van der Waals surface area contributed by atoms with Crippen molar-refractivity contribution in [1.29, 1.82) is 0 Å². The monoisotopic (exact) mass is 688 g/mol. The van der Waals surface area contributed by atoms with Crippen LogP contribution >= 0.6 is 0 Å². The number of guanidine groups is 1. The van der Waals surface area contributed by atoms with Crippen LogP contribution in [0.2, 0.25) is 0 Å². The fraction of sp³-hybridized carbons (Fsp3) is 0.500. The van der Waals surface area contributed by atoms with E-state index in [0.717, 1.165) is 36.0 Å². The van der Waals surface area contributed by atoms with E-state index in [9.17, 15) is 29.1 Å². The van der Waals surface area contributed by atoms with Crippen molar-refractivity contribution in [2.45, 2.75) is 94.5 Å². The Hall–Kier alpha value is -4.98. The number of benzene rings is 2. The number of fused-ring (bicyclic) bond motifs is 2. The summed E-state index contributed by atoms with van der Waals surface area (Å²) >= 11 is 0. The second-order valence-corrected chi connectivity index (χ2v) is 13.4. The molecule has 14 heteroatoms. The van der Waals surface area contributed by atoms with E-state index >= 15 is 0 Å². The second kappa shape index (κ2) is 16.6. The number of hydrogen-bond acceptors (Lipinski definition) is 7. The van der Waals surface area contributed by atoms with Crippen molar-refractivity contribution in [2.24, 2.45) is 28.1 Å². The van der Waals surface area contributed by atoms with Crippen LogP contribution in [-0.2, 0) is 43.4 Å². The number of nitrogens with zero attached hydrogens (tertiary/aromatic N) is 3. The van der Waals surface area contributed by atoms with Gasteiger partial charge in [-0.1, -0.05) is 67.4 Å². The SMILES string of the molecule is NCC(=O)N[C@@H](Cc1ccccc1)C(=O)N1Cc2ccccc2C[C@@H]1C(=O)N1[C@H](C(=O)N[C@@H](CCCN=C(N)N)C(=O)O)C[C@@H]2CCCC[C@@H]21. The highest BCUT2D eigenvalue weighted by molar-refractivity contribution is 5.96. The Morgan fingerprint density at radius 2 is 1.60 bits per heavy atom. The first kappa shape index (κ1) is 36.3. The Bertz CT molecular complexity index is 1580. The lowest BCUT2D eigenvalue weighted by molar-refractivity contribution is -0.153. The maximum absolute atomic E-state index is 14.9. The molecule has 4 amide bonds. The van der Waals surface area contributed by atoms with E-state index in [1.807, 2.05) is 54.6 Å². The lowest BCUT2D eigenvalue weighted by atomic mass is 9.84. The highest BCUT2D eigenvalue weighted by atomic mass is 16.4. The van der Waals surface area contributed by atoms with Crippen LogP contribution in [-0.4, -0.2) is 93.8 Å². The normalized spacial score (nSPS) is 22.3. The van der Waals surface area contributed by atoms with Gasteiger partial charge < -0.3 is 42.7 Å². The van der Waals surface area contributed by atoms with Gasteiger partial charge in [-0.15, -0.1) is 0 Å². The van der Waals surface area contributed by atoms with Crippen molar-refractivity contribution in [3.63, 3.8) is 0 Å². The first-order chi connectivity index (χ1) is 24.1. The summed E-state index contributed by atoms with van der Waals surface area (Å²) in [4.78, 5) is 75.2. The summed E-state index contributed by atoms with van der Waals surface area (Å²) in [5.74, 6) is -3.03. The topological polar surface area (TPSA) is 227 Å². The zero-order chi connectivity index (χ0) is 35.8. The van der Waals surface area contributed by atoms with E-state index in [0.29, 0.717) is 19.3 Å². The van der Waals surface area contributed by atoms with Gasteiger partial charge >= 0.3 is 5.97 Å². The Balaban J connectivity index is 1.45. The molecular formula is C36H48N8O6. The van der Waals surface area contributed by atoms with Gasteiger partial charge in [0, 0.05) is 32.0 Å². The van der Waals surface area contributed by atoms with Crippen molar-refractivity contribution < 1.29 is 29.1 Å².